The first-order valence-electron chi connectivity index (χ1n) is 16.6. The van der Waals surface area contributed by atoms with Crippen LogP contribution < -0.4 is 0 Å². The van der Waals surface area contributed by atoms with Crippen molar-refractivity contribution >= 4 is 17.9 Å². The van der Waals surface area contributed by atoms with Gasteiger partial charge in [0.05, 0.1) is 6.61 Å². The van der Waals surface area contributed by atoms with Crippen LogP contribution in [0.25, 0.3) is 0 Å². The van der Waals surface area contributed by atoms with E-state index >= 15 is 0 Å². The smallest absolute Gasteiger partial charge is 0.302 e. The van der Waals surface area contributed by atoms with Crippen LogP contribution in [0.1, 0.15) is 120 Å². The number of rotatable bonds is 6. The molecule has 236 valence electrons. The summed E-state index contributed by atoms with van der Waals surface area (Å²) in [7, 11) is 0. The van der Waals surface area contributed by atoms with Crippen LogP contribution in [0.4, 0.5) is 0 Å². The molecule has 6 nitrogen and oxygen atoms in total. The van der Waals surface area contributed by atoms with Gasteiger partial charge in [0.2, 0.25) is 0 Å². The molecule has 5 aliphatic carbocycles. The van der Waals surface area contributed by atoms with Crippen LogP contribution in [-0.2, 0) is 28.6 Å². The van der Waals surface area contributed by atoms with Crippen molar-refractivity contribution in [2.45, 2.75) is 126 Å². The molecule has 0 aromatic carbocycles. The topological polar surface area (TPSA) is 78.9 Å². The highest BCUT2D eigenvalue weighted by molar-refractivity contribution is 5.67. The number of ether oxygens (including phenoxy) is 3. The quantitative estimate of drug-likeness (QED) is 0.181. The van der Waals surface area contributed by atoms with Crippen LogP contribution in [0.3, 0.4) is 0 Å². The van der Waals surface area contributed by atoms with Crippen molar-refractivity contribution in [2.24, 2.45) is 56.7 Å². The first-order chi connectivity index (χ1) is 19.5. The second kappa shape index (κ2) is 10.6. The van der Waals surface area contributed by atoms with E-state index < -0.39 is 5.41 Å². The van der Waals surface area contributed by atoms with Crippen molar-refractivity contribution in [3.8, 4) is 0 Å². The van der Waals surface area contributed by atoms with Gasteiger partial charge < -0.3 is 14.2 Å². The summed E-state index contributed by atoms with van der Waals surface area (Å²) in [5.74, 6) is 1.73. The number of carbonyl (C=O) groups is 3. The molecule has 0 amide bonds. The van der Waals surface area contributed by atoms with Gasteiger partial charge >= 0.3 is 17.9 Å². The molecule has 5 saturated carbocycles. The normalized spacial score (nSPS) is 47.6. The predicted octanol–water partition coefficient (Wildman–Crippen LogP) is 7.68. The molecule has 0 heterocycles. The second-order valence-electron chi connectivity index (χ2n) is 16.3. The molecule has 0 saturated heterocycles. The van der Waals surface area contributed by atoms with Crippen LogP contribution in [0.15, 0.2) is 12.2 Å². The summed E-state index contributed by atoms with van der Waals surface area (Å²) >= 11 is 0. The van der Waals surface area contributed by atoms with Gasteiger partial charge in [-0.2, -0.15) is 0 Å². The highest BCUT2D eigenvalue weighted by Crippen LogP contribution is 2.77. The number of carbonyl (C=O) groups excluding carboxylic acids is 3. The Labute approximate surface area is 254 Å². The summed E-state index contributed by atoms with van der Waals surface area (Å²) in [4.78, 5) is 36.1. The summed E-state index contributed by atoms with van der Waals surface area (Å²) in [6, 6.07) is 0. The molecular weight excluding hydrogens is 528 g/mol. The molecule has 0 bridgehead atoms. The van der Waals surface area contributed by atoms with Crippen LogP contribution in [0.5, 0.6) is 0 Å². The lowest BCUT2D eigenvalue weighted by Gasteiger charge is -2.73. The Kier molecular flexibility index (Phi) is 8.00. The van der Waals surface area contributed by atoms with E-state index in [0.29, 0.717) is 42.8 Å². The van der Waals surface area contributed by atoms with Gasteiger partial charge in [0.25, 0.3) is 0 Å². The average molecular weight is 585 g/mol. The summed E-state index contributed by atoms with van der Waals surface area (Å²) in [5, 5.41) is 0. The Hall–Kier alpha value is -1.85. The van der Waals surface area contributed by atoms with Crippen molar-refractivity contribution in [2.75, 3.05) is 13.2 Å². The molecule has 5 fully saturated rings. The lowest BCUT2D eigenvalue weighted by molar-refractivity contribution is -0.259. The van der Waals surface area contributed by atoms with E-state index in [1.165, 1.54) is 38.7 Å². The molecule has 42 heavy (non-hydrogen) atoms. The third-order valence-corrected chi connectivity index (χ3v) is 14.4. The van der Waals surface area contributed by atoms with Gasteiger partial charge in [-0.3, -0.25) is 14.4 Å². The standard InChI is InChI=1S/C36H56O6/c1-22(2)26-12-17-36(21-41-24(4)38)19-18-34(8)27(31(26)36)10-11-29-32(6)15-14-30(42-25(5)39)33(7,20-40-23(3)37)28(32)13-16-35(29,34)9/h26-31H,1,10-21H2,2-9H3/t26-,27+,28+,29+,30-,31+,32-,33-,34+,35+,36+/m0/s1. The lowest BCUT2D eigenvalue weighted by atomic mass is 9.32. The third kappa shape index (κ3) is 4.59. The second-order valence-corrected chi connectivity index (χ2v) is 16.3. The van der Waals surface area contributed by atoms with E-state index in [1.807, 2.05) is 0 Å². The monoisotopic (exact) mass is 584 g/mol. The minimum absolute atomic E-state index is 0.0639. The molecule has 0 aromatic heterocycles. The number of fused-ring (bicyclic) bond motifs is 7. The van der Waals surface area contributed by atoms with Crippen LogP contribution in [-0.4, -0.2) is 37.2 Å². The molecule has 0 aromatic rings. The molecule has 0 N–H and O–H groups in total. The summed E-state index contributed by atoms with van der Waals surface area (Å²) in [6.45, 7) is 22.0. The maximum atomic E-state index is 12.2. The van der Waals surface area contributed by atoms with Crippen LogP contribution in [0.2, 0.25) is 0 Å². The van der Waals surface area contributed by atoms with Gasteiger partial charge in [0.15, 0.2) is 0 Å². The van der Waals surface area contributed by atoms with Gasteiger partial charge in [-0.1, -0.05) is 39.8 Å². The van der Waals surface area contributed by atoms with Gasteiger partial charge in [0.1, 0.15) is 12.7 Å². The summed E-state index contributed by atoms with van der Waals surface area (Å²) in [5.41, 5.74) is 1.38. The average Bonchev–Trinajstić information content (AvgIpc) is 3.29. The zero-order chi connectivity index (χ0) is 30.9. The maximum absolute atomic E-state index is 12.2. The first-order valence-corrected chi connectivity index (χ1v) is 16.6. The van der Waals surface area contributed by atoms with Crippen LogP contribution in [0, 0.1) is 56.7 Å². The summed E-state index contributed by atoms with van der Waals surface area (Å²) < 4.78 is 17.5. The van der Waals surface area contributed by atoms with Gasteiger partial charge in [-0.05, 0) is 117 Å². The van der Waals surface area contributed by atoms with Gasteiger partial charge in [-0.15, -0.1) is 0 Å². The van der Waals surface area contributed by atoms with Crippen molar-refractivity contribution < 1.29 is 28.6 Å². The fourth-order valence-electron chi connectivity index (χ4n) is 12.4. The van der Waals surface area contributed by atoms with Crippen molar-refractivity contribution in [3.05, 3.63) is 12.2 Å². The SMILES string of the molecule is C=C(C)[C@@H]1CC[C@]2(COC(C)=O)CC[C@]3(C)[C@H](CC[C@@H]4[C@@]5(C)CC[C@H](OC(C)=O)[C@@](C)(COC(C)=O)[C@@H]5CC[C@]43C)[C@@H]12. The zero-order valence-electron chi connectivity index (χ0n) is 27.6. The highest BCUT2D eigenvalue weighted by Gasteiger charge is 2.71. The first kappa shape index (κ1) is 31.6. The number of hydrogen-bond donors (Lipinski definition) is 0. The Morgan fingerprint density at radius 2 is 1.36 bits per heavy atom. The lowest BCUT2D eigenvalue weighted by Crippen LogP contribution is -2.67. The Morgan fingerprint density at radius 3 is 1.98 bits per heavy atom. The maximum Gasteiger partial charge on any atom is 0.302 e. The molecule has 11 atom stereocenters. The summed E-state index contributed by atoms with van der Waals surface area (Å²) in [6.07, 6.45) is 10.7. The van der Waals surface area contributed by atoms with E-state index in [-0.39, 0.29) is 45.7 Å². The van der Waals surface area contributed by atoms with Gasteiger partial charge in [-0.25, -0.2) is 0 Å². The number of hydrogen-bond acceptors (Lipinski definition) is 6. The van der Waals surface area contributed by atoms with E-state index in [4.69, 9.17) is 14.2 Å². The molecule has 0 radical (unpaired) electrons. The van der Waals surface area contributed by atoms with Crippen LogP contribution >= 0.6 is 0 Å². The fraction of sp³-hybridized carbons (Fsp3) is 0.861. The predicted molar refractivity (Wildman–Crippen MR) is 162 cm³/mol. The Balaban J connectivity index is 1.50. The molecule has 5 rings (SSSR count). The largest absolute Gasteiger partial charge is 0.465 e. The van der Waals surface area contributed by atoms with E-state index in [1.54, 1.807) is 6.92 Å². The van der Waals surface area contributed by atoms with E-state index in [2.05, 4.69) is 41.2 Å². The minimum Gasteiger partial charge on any atom is -0.465 e. The van der Waals surface area contributed by atoms with Crippen molar-refractivity contribution in [1.82, 2.24) is 0 Å². The molecular formula is C36H56O6. The highest BCUT2D eigenvalue weighted by atomic mass is 16.6. The van der Waals surface area contributed by atoms with Crippen molar-refractivity contribution in [3.63, 3.8) is 0 Å². The van der Waals surface area contributed by atoms with E-state index in [0.717, 1.165) is 44.9 Å². The minimum atomic E-state index is -0.411. The Bertz CT molecular complexity index is 1130. The zero-order valence-corrected chi connectivity index (χ0v) is 27.6. The van der Waals surface area contributed by atoms with E-state index in [9.17, 15) is 14.4 Å². The Morgan fingerprint density at radius 1 is 0.690 bits per heavy atom. The third-order valence-electron chi connectivity index (χ3n) is 14.4. The van der Waals surface area contributed by atoms with Gasteiger partial charge in [0, 0.05) is 31.6 Å². The fourth-order valence-corrected chi connectivity index (χ4v) is 12.4. The molecule has 5 aliphatic rings. The molecule has 0 unspecified atom stereocenters. The number of esters is 3. The molecule has 6 heteroatoms. The molecule has 0 spiro atoms. The van der Waals surface area contributed by atoms with Crippen molar-refractivity contribution in [1.29, 1.82) is 0 Å². The molecule has 0 aliphatic heterocycles. The number of allylic oxidation sites excluding steroid dienone is 1.